The Morgan fingerprint density at radius 1 is 1.24 bits per heavy atom. The van der Waals surface area contributed by atoms with Crippen LogP contribution in [0.3, 0.4) is 0 Å². The average molecular weight is 402 g/mol. The Morgan fingerprint density at radius 3 is 2.79 bits per heavy atom. The van der Waals surface area contributed by atoms with Gasteiger partial charge in [0.25, 0.3) is 5.91 Å². The van der Waals surface area contributed by atoms with Crippen molar-refractivity contribution in [2.75, 3.05) is 32.8 Å². The Balaban J connectivity index is 1.43. The molecule has 2 aliphatic heterocycles. The molecule has 3 N–H and O–H groups in total. The van der Waals surface area contributed by atoms with Crippen molar-refractivity contribution in [3.05, 3.63) is 42.2 Å². The molecule has 0 spiro atoms. The molecule has 0 bridgehead atoms. The summed E-state index contributed by atoms with van der Waals surface area (Å²) < 4.78 is 5.81. The smallest absolute Gasteiger partial charge is 0.253 e. The van der Waals surface area contributed by atoms with Gasteiger partial charge in [0, 0.05) is 25.5 Å². The highest BCUT2D eigenvalue weighted by molar-refractivity contribution is 5.94. The van der Waals surface area contributed by atoms with Gasteiger partial charge in [-0.1, -0.05) is 18.6 Å². The number of hydrogen-bond acceptors (Lipinski definition) is 6. The minimum atomic E-state index is -0.605. The fourth-order valence-electron chi connectivity index (χ4n) is 3.66. The molecule has 1 saturated heterocycles. The number of nitrogens with zero attached hydrogens (tertiary/aromatic N) is 2. The Hall–Kier alpha value is -2.29. The van der Waals surface area contributed by atoms with Crippen molar-refractivity contribution in [1.29, 1.82) is 0 Å². The van der Waals surface area contributed by atoms with E-state index in [0.29, 0.717) is 12.1 Å². The van der Waals surface area contributed by atoms with E-state index in [2.05, 4.69) is 20.5 Å². The summed E-state index contributed by atoms with van der Waals surface area (Å²) in [4.78, 5) is 30.8. The van der Waals surface area contributed by atoms with Gasteiger partial charge in [-0.05, 0) is 38.1 Å². The van der Waals surface area contributed by atoms with E-state index in [1.807, 2.05) is 0 Å². The van der Waals surface area contributed by atoms with Gasteiger partial charge in [0.2, 0.25) is 5.91 Å². The molecule has 1 fully saturated rings. The first-order valence-electron chi connectivity index (χ1n) is 10.3. The van der Waals surface area contributed by atoms with Gasteiger partial charge in [0.1, 0.15) is 6.10 Å². The van der Waals surface area contributed by atoms with E-state index < -0.39 is 18.2 Å². The third kappa shape index (κ3) is 6.62. The third-order valence-corrected chi connectivity index (χ3v) is 5.27. The fourth-order valence-corrected chi connectivity index (χ4v) is 3.66. The molecule has 0 aromatic carbocycles. The number of piperidine rings is 1. The number of rotatable bonds is 8. The maximum Gasteiger partial charge on any atom is 0.253 e. The van der Waals surface area contributed by atoms with Gasteiger partial charge in [-0.25, -0.2) is 0 Å². The van der Waals surface area contributed by atoms with E-state index in [-0.39, 0.29) is 24.8 Å². The molecular formula is C21H30N4O4. The summed E-state index contributed by atoms with van der Waals surface area (Å²) in [7, 11) is 0. The number of pyridine rings is 1. The highest BCUT2D eigenvalue weighted by Gasteiger charge is 2.29. The maximum absolute atomic E-state index is 12.3. The number of likely N-dealkylation sites (tertiary alicyclic amines) is 1. The highest BCUT2D eigenvalue weighted by atomic mass is 16.5. The molecule has 8 nitrogen and oxygen atoms in total. The van der Waals surface area contributed by atoms with Crippen LogP contribution in [0.2, 0.25) is 0 Å². The Labute approximate surface area is 171 Å². The number of ether oxygens (including phenoxy) is 1. The van der Waals surface area contributed by atoms with Crippen LogP contribution in [0.5, 0.6) is 0 Å². The molecule has 8 heteroatoms. The van der Waals surface area contributed by atoms with Crippen molar-refractivity contribution < 1.29 is 19.4 Å². The van der Waals surface area contributed by atoms with Crippen LogP contribution in [0.25, 0.3) is 0 Å². The zero-order valence-corrected chi connectivity index (χ0v) is 16.6. The summed E-state index contributed by atoms with van der Waals surface area (Å²) in [6.07, 6.45) is 9.55. The molecule has 3 heterocycles. The molecule has 0 aliphatic carbocycles. The van der Waals surface area contributed by atoms with Gasteiger partial charge >= 0.3 is 0 Å². The van der Waals surface area contributed by atoms with Crippen LogP contribution in [-0.2, 0) is 9.53 Å². The molecular weight excluding hydrogens is 372 g/mol. The van der Waals surface area contributed by atoms with Gasteiger partial charge in [0.15, 0.2) is 0 Å². The van der Waals surface area contributed by atoms with Gasteiger partial charge in [-0.15, -0.1) is 0 Å². The predicted molar refractivity (Wildman–Crippen MR) is 108 cm³/mol. The van der Waals surface area contributed by atoms with Crippen LogP contribution in [0.15, 0.2) is 36.7 Å². The fraction of sp³-hybridized carbons (Fsp3) is 0.571. The van der Waals surface area contributed by atoms with Crippen molar-refractivity contribution >= 4 is 11.8 Å². The van der Waals surface area contributed by atoms with E-state index in [9.17, 15) is 14.7 Å². The standard InChI is InChI=1S/C21H30N4O4/c26-15-19-18(24-21(28)16-5-4-8-22-14-16)7-6-17(29-19)13-20(27)23-9-12-25-10-2-1-3-11-25/h4-8,14,17-19,26H,1-3,9-13,15H2,(H,23,27)(H,24,28)/t17-,18+,19+/m0/s1. The van der Waals surface area contributed by atoms with Crippen LogP contribution < -0.4 is 10.6 Å². The van der Waals surface area contributed by atoms with E-state index in [1.165, 1.54) is 25.5 Å². The van der Waals surface area contributed by atoms with E-state index in [0.717, 1.165) is 19.6 Å². The number of amides is 2. The molecule has 3 rings (SSSR count). The normalized spacial score (nSPS) is 24.8. The number of carbonyl (C=O) groups excluding carboxylic acids is 2. The van der Waals surface area contributed by atoms with Gasteiger partial charge in [-0.3, -0.25) is 14.6 Å². The number of nitrogens with one attached hydrogen (secondary N) is 2. The molecule has 0 unspecified atom stereocenters. The van der Waals surface area contributed by atoms with Crippen molar-refractivity contribution in [3.63, 3.8) is 0 Å². The predicted octanol–water partition coefficient (Wildman–Crippen LogP) is 0.488. The monoisotopic (exact) mass is 402 g/mol. The second kappa shape index (κ2) is 11.0. The zero-order valence-electron chi connectivity index (χ0n) is 16.6. The van der Waals surface area contributed by atoms with E-state index in [4.69, 9.17) is 4.74 Å². The first-order valence-corrected chi connectivity index (χ1v) is 10.3. The molecule has 3 atom stereocenters. The largest absolute Gasteiger partial charge is 0.394 e. The topological polar surface area (TPSA) is 104 Å². The molecule has 29 heavy (non-hydrogen) atoms. The van der Waals surface area contributed by atoms with Crippen LogP contribution in [0.1, 0.15) is 36.0 Å². The third-order valence-electron chi connectivity index (χ3n) is 5.27. The number of aromatic nitrogens is 1. The second-order valence-corrected chi connectivity index (χ2v) is 7.48. The minimum absolute atomic E-state index is 0.0776. The lowest BCUT2D eigenvalue weighted by molar-refractivity contribution is -0.125. The van der Waals surface area contributed by atoms with Crippen LogP contribution >= 0.6 is 0 Å². The molecule has 1 aromatic rings. The molecule has 0 radical (unpaired) electrons. The Morgan fingerprint density at radius 2 is 2.07 bits per heavy atom. The summed E-state index contributed by atoms with van der Waals surface area (Å²) in [5.41, 5.74) is 0.438. The van der Waals surface area contributed by atoms with Crippen LogP contribution in [0, 0.1) is 0 Å². The zero-order chi connectivity index (χ0) is 20.5. The first-order chi connectivity index (χ1) is 14.2. The summed E-state index contributed by atoms with van der Waals surface area (Å²) in [6.45, 7) is 3.45. The minimum Gasteiger partial charge on any atom is -0.394 e. The number of hydrogen-bond donors (Lipinski definition) is 3. The van der Waals surface area contributed by atoms with E-state index >= 15 is 0 Å². The molecule has 0 saturated carbocycles. The summed E-state index contributed by atoms with van der Waals surface area (Å²) in [6, 6.07) is 2.89. The van der Waals surface area contributed by atoms with Gasteiger partial charge < -0.3 is 25.4 Å². The van der Waals surface area contributed by atoms with Crippen LogP contribution in [-0.4, -0.2) is 77.8 Å². The number of aliphatic hydroxyl groups excluding tert-OH is 1. The molecule has 1 aromatic heterocycles. The van der Waals surface area contributed by atoms with Gasteiger partial charge in [0.05, 0.1) is 30.7 Å². The molecule has 2 amide bonds. The summed E-state index contributed by atoms with van der Waals surface area (Å²) >= 11 is 0. The summed E-state index contributed by atoms with van der Waals surface area (Å²) in [5.74, 6) is -0.366. The second-order valence-electron chi connectivity index (χ2n) is 7.48. The Bertz CT molecular complexity index is 691. The van der Waals surface area contributed by atoms with Crippen molar-refractivity contribution in [3.8, 4) is 0 Å². The lowest BCUT2D eigenvalue weighted by Gasteiger charge is -2.31. The Kier molecular flexibility index (Phi) is 8.15. The summed E-state index contributed by atoms with van der Waals surface area (Å²) in [5, 5.41) is 15.4. The number of carbonyl (C=O) groups is 2. The van der Waals surface area contributed by atoms with E-state index in [1.54, 1.807) is 30.5 Å². The molecule has 2 aliphatic rings. The SMILES string of the molecule is O=C(C[C@@H]1C=C[C@@H](NC(=O)c2cccnc2)[C@@H](CO)O1)NCCN1CCCCC1. The average Bonchev–Trinajstić information content (AvgIpc) is 2.76. The number of aliphatic hydroxyl groups is 1. The lowest BCUT2D eigenvalue weighted by atomic mass is 10.0. The molecule has 158 valence electrons. The maximum atomic E-state index is 12.3. The van der Waals surface area contributed by atoms with Gasteiger partial charge in [-0.2, -0.15) is 0 Å². The van der Waals surface area contributed by atoms with Crippen LogP contribution in [0.4, 0.5) is 0 Å². The highest BCUT2D eigenvalue weighted by Crippen LogP contribution is 2.16. The lowest BCUT2D eigenvalue weighted by Crippen LogP contribution is -2.49. The van der Waals surface area contributed by atoms with Crippen molar-refractivity contribution in [2.24, 2.45) is 0 Å². The van der Waals surface area contributed by atoms with Crippen molar-refractivity contribution in [1.82, 2.24) is 20.5 Å². The first kappa shape index (κ1) is 21.4. The quantitative estimate of drug-likeness (QED) is 0.547. The van der Waals surface area contributed by atoms with Crippen molar-refractivity contribution in [2.45, 2.75) is 43.9 Å².